The van der Waals surface area contributed by atoms with E-state index in [0.717, 1.165) is 29.8 Å². The molecule has 2 aromatic carbocycles. The number of nitrogens with zero attached hydrogens (tertiary/aromatic N) is 1. The molecule has 1 fully saturated rings. The van der Waals surface area contributed by atoms with Crippen LogP contribution in [0.25, 0.3) is 0 Å². The molecule has 31 heavy (non-hydrogen) atoms. The number of ether oxygens (including phenoxy) is 2. The standard InChI is InChI=1S/C24H31ClN2O4/c1-18-4-9-21(25)22(14-18)31-17-24(29)10-3-12-27(13-11-24)16-23(28)26-15-19-5-7-20(30-2)8-6-19/h4-9,14,29H,3,10-13,15-17H2,1-2H3,(H,26,28)/t24-/m0/s1. The summed E-state index contributed by atoms with van der Waals surface area (Å²) >= 11 is 6.20. The maximum Gasteiger partial charge on any atom is 0.234 e. The van der Waals surface area contributed by atoms with Gasteiger partial charge in [0.25, 0.3) is 0 Å². The molecule has 0 radical (unpaired) electrons. The molecule has 3 rings (SSSR count). The molecule has 0 aromatic heterocycles. The van der Waals surface area contributed by atoms with Gasteiger partial charge in [-0.3, -0.25) is 9.69 Å². The first-order valence-electron chi connectivity index (χ1n) is 10.6. The van der Waals surface area contributed by atoms with Crippen LogP contribution in [-0.2, 0) is 11.3 Å². The average Bonchev–Trinajstić information content (AvgIpc) is 2.95. The third-order valence-electron chi connectivity index (χ3n) is 5.61. The third kappa shape index (κ3) is 7.13. The predicted octanol–water partition coefficient (Wildman–Crippen LogP) is 3.57. The Hall–Kier alpha value is -2.28. The lowest BCUT2D eigenvalue weighted by Crippen LogP contribution is -2.40. The number of likely N-dealkylation sites (tertiary alicyclic amines) is 1. The first kappa shape index (κ1) is 23.4. The minimum Gasteiger partial charge on any atom is -0.497 e. The van der Waals surface area contributed by atoms with E-state index < -0.39 is 5.60 Å². The molecule has 168 valence electrons. The van der Waals surface area contributed by atoms with Gasteiger partial charge < -0.3 is 19.9 Å². The van der Waals surface area contributed by atoms with Crippen molar-refractivity contribution in [3.63, 3.8) is 0 Å². The van der Waals surface area contributed by atoms with Crippen LogP contribution in [0.3, 0.4) is 0 Å². The van der Waals surface area contributed by atoms with Crippen LogP contribution in [0.1, 0.15) is 30.4 Å². The highest BCUT2D eigenvalue weighted by atomic mass is 35.5. The van der Waals surface area contributed by atoms with Crippen molar-refractivity contribution < 1.29 is 19.4 Å². The zero-order chi connectivity index (χ0) is 22.3. The summed E-state index contributed by atoms with van der Waals surface area (Å²) in [5, 5.41) is 14.5. The molecule has 1 heterocycles. The molecule has 2 N–H and O–H groups in total. The van der Waals surface area contributed by atoms with Crippen LogP contribution in [0.15, 0.2) is 42.5 Å². The van der Waals surface area contributed by atoms with Crippen LogP contribution < -0.4 is 14.8 Å². The van der Waals surface area contributed by atoms with Gasteiger partial charge >= 0.3 is 0 Å². The van der Waals surface area contributed by atoms with Gasteiger partial charge in [-0.25, -0.2) is 0 Å². The summed E-state index contributed by atoms with van der Waals surface area (Å²) in [7, 11) is 1.63. The second-order valence-corrected chi connectivity index (χ2v) is 8.61. The van der Waals surface area contributed by atoms with Crippen molar-refractivity contribution in [2.75, 3.05) is 33.4 Å². The molecule has 1 atom stereocenters. The molecular weight excluding hydrogens is 416 g/mol. The van der Waals surface area contributed by atoms with Gasteiger partial charge in [-0.2, -0.15) is 0 Å². The Morgan fingerprint density at radius 3 is 2.71 bits per heavy atom. The topological polar surface area (TPSA) is 71.0 Å². The Morgan fingerprint density at radius 1 is 1.19 bits per heavy atom. The van der Waals surface area contributed by atoms with E-state index in [1.807, 2.05) is 43.3 Å². The summed E-state index contributed by atoms with van der Waals surface area (Å²) in [6, 6.07) is 13.2. The van der Waals surface area contributed by atoms with Gasteiger partial charge in [0.1, 0.15) is 18.1 Å². The molecule has 0 bridgehead atoms. The van der Waals surface area contributed by atoms with Crippen molar-refractivity contribution >= 4 is 17.5 Å². The Bertz CT molecular complexity index is 874. The molecule has 1 amide bonds. The average molecular weight is 447 g/mol. The number of methoxy groups -OCH3 is 1. The summed E-state index contributed by atoms with van der Waals surface area (Å²) in [5.74, 6) is 1.36. The predicted molar refractivity (Wildman–Crippen MR) is 122 cm³/mol. The number of aryl methyl sites for hydroxylation is 1. The number of hydrogen-bond donors (Lipinski definition) is 2. The van der Waals surface area contributed by atoms with E-state index in [9.17, 15) is 9.90 Å². The zero-order valence-electron chi connectivity index (χ0n) is 18.2. The number of amides is 1. The van der Waals surface area contributed by atoms with Crippen molar-refractivity contribution in [1.29, 1.82) is 0 Å². The minimum atomic E-state index is -0.929. The van der Waals surface area contributed by atoms with Crippen molar-refractivity contribution in [3.05, 3.63) is 58.6 Å². The first-order chi connectivity index (χ1) is 14.9. The molecule has 1 saturated heterocycles. The SMILES string of the molecule is COc1ccc(CNC(=O)CN2CCC[C@@](O)(COc3cc(C)ccc3Cl)CC2)cc1. The highest BCUT2D eigenvalue weighted by Gasteiger charge is 2.31. The first-order valence-corrected chi connectivity index (χ1v) is 11.0. The number of nitrogens with one attached hydrogen (secondary N) is 1. The summed E-state index contributed by atoms with van der Waals surface area (Å²) in [6.45, 7) is 4.36. The van der Waals surface area contributed by atoms with Gasteiger partial charge in [0.05, 0.1) is 24.3 Å². The lowest BCUT2D eigenvalue weighted by atomic mass is 9.96. The fourth-order valence-corrected chi connectivity index (χ4v) is 3.85. The molecular formula is C24H31ClN2O4. The number of rotatable bonds is 8. The molecule has 1 aliphatic rings. The van der Waals surface area contributed by atoms with Crippen LogP contribution in [0, 0.1) is 6.92 Å². The molecule has 0 unspecified atom stereocenters. The Labute approximate surface area is 189 Å². The smallest absolute Gasteiger partial charge is 0.234 e. The van der Waals surface area contributed by atoms with Crippen molar-refractivity contribution in [1.82, 2.24) is 10.2 Å². The van der Waals surface area contributed by atoms with Crippen LogP contribution in [0.5, 0.6) is 11.5 Å². The van der Waals surface area contributed by atoms with Gasteiger partial charge in [-0.15, -0.1) is 0 Å². The second-order valence-electron chi connectivity index (χ2n) is 8.20. The lowest BCUT2D eigenvalue weighted by Gasteiger charge is -2.27. The van der Waals surface area contributed by atoms with Crippen LogP contribution in [0.2, 0.25) is 5.02 Å². The van der Waals surface area contributed by atoms with E-state index in [0.29, 0.717) is 43.2 Å². The molecule has 0 aliphatic carbocycles. The number of aliphatic hydroxyl groups is 1. The van der Waals surface area contributed by atoms with Crippen LogP contribution in [0.4, 0.5) is 0 Å². The van der Waals surface area contributed by atoms with E-state index in [4.69, 9.17) is 21.1 Å². The quantitative estimate of drug-likeness (QED) is 0.648. The molecule has 7 heteroatoms. The highest BCUT2D eigenvalue weighted by molar-refractivity contribution is 6.32. The number of benzene rings is 2. The van der Waals surface area contributed by atoms with E-state index in [1.54, 1.807) is 13.2 Å². The maximum absolute atomic E-state index is 12.4. The summed E-state index contributed by atoms with van der Waals surface area (Å²) < 4.78 is 11.0. The summed E-state index contributed by atoms with van der Waals surface area (Å²) in [6.07, 6.45) is 1.97. The van der Waals surface area contributed by atoms with Gasteiger partial charge in [0.15, 0.2) is 0 Å². The Kier molecular flexibility index (Phi) is 8.18. The molecule has 0 spiro atoms. The number of hydrogen-bond acceptors (Lipinski definition) is 5. The van der Waals surface area contributed by atoms with E-state index in [-0.39, 0.29) is 12.5 Å². The van der Waals surface area contributed by atoms with Crippen molar-refractivity contribution in [3.8, 4) is 11.5 Å². The third-order valence-corrected chi connectivity index (χ3v) is 5.92. The van der Waals surface area contributed by atoms with Crippen LogP contribution >= 0.6 is 11.6 Å². The Morgan fingerprint density at radius 2 is 1.97 bits per heavy atom. The minimum absolute atomic E-state index is 0.0240. The summed E-state index contributed by atoms with van der Waals surface area (Å²) in [5.41, 5.74) is 1.15. The normalized spacial score (nSPS) is 19.5. The van der Waals surface area contributed by atoms with Gasteiger partial charge in [-0.1, -0.05) is 29.8 Å². The largest absolute Gasteiger partial charge is 0.497 e. The Balaban J connectivity index is 1.45. The second kappa shape index (κ2) is 10.8. The zero-order valence-corrected chi connectivity index (χ0v) is 19.0. The van der Waals surface area contributed by atoms with E-state index in [1.165, 1.54) is 0 Å². The maximum atomic E-state index is 12.4. The molecule has 1 aliphatic heterocycles. The van der Waals surface area contributed by atoms with Crippen molar-refractivity contribution in [2.24, 2.45) is 0 Å². The highest BCUT2D eigenvalue weighted by Crippen LogP contribution is 2.28. The lowest BCUT2D eigenvalue weighted by molar-refractivity contribution is -0.122. The van der Waals surface area contributed by atoms with Crippen LogP contribution in [-0.4, -0.2) is 54.9 Å². The van der Waals surface area contributed by atoms with E-state index in [2.05, 4.69) is 10.2 Å². The molecule has 0 saturated carbocycles. The van der Waals surface area contributed by atoms with E-state index >= 15 is 0 Å². The van der Waals surface area contributed by atoms with Gasteiger partial charge in [0, 0.05) is 13.1 Å². The van der Waals surface area contributed by atoms with Gasteiger partial charge in [-0.05, 0) is 68.1 Å². The molecule has 2 aromatic rings. The monoisotopic (exact) mass is 446 g/mol. The number of halogens is 1. The fraction of sp³-hybridized carbons (Fsp3) is 0.458. The number of carbonyl (C=O) groups is 1. The molecule has 6 nitrogen and oxygen atoms in total. The summed E-state index contributed by atoms with van der Waals surface area (Å²) in [4.78, 5) is 14.5. The fourth-order valence-electron chi connectivity index (χ4n) is 3.67. The van der Waals surface area contributed by atoms with Crippen molar-refractivity contribution in [2.45, 2.75) is 38.3 Å². The number of carbonyl (C=O) groups excluding carboxylic acids is 1. The van der Waals surface area contributed by atoms with Gasteiger partial charge in [0.2, 0.25) is 5.91 Å².